The summed E-state index contributed by atoms with van der Waals surface area (Å²) < 4.78 is 10.2. The average molecular weight is 330 g/mol. The lowest BCUT2D eigenvalue weighted by Crippen LogP contribution is -2.43. The molecule has 1 fully saturated rings. The zero-order chi connectivity index (χ0) is 17.3. The second-order valence-corrected chi connectivity index (χ2v) is 6.47. The van der Waals surface area contributed by atoms with Crippen molar-refractivity contribution < 1.29 is 18.8 Å². The molecule has 1 amide bonds. The predicted octanol–water partition coefficient (Wildman–Crippen LogP) is 2.40. The Kier molecular flexibility index (Phi) is 4.55. The van der Waals surface area contributed by atoms with E-state index < -0.39 is 0 Å². The Morgan fingerprint density at radius 2 is 2.17 bits per heavy atom. The summed E-state index contributed by atoms with van der Waals surface area (Å²) in [5.41, 5.74) is 3.51. The minimum Gasteiger partial charge on any atom is -0.469 e. The van der Waals surface area contributed by atoms with Crippen LogP contribution in [0, 0.1) is 19.8 Å². The zero-order valence-corrected chi connectivity index (χ0v) is 14.3. The van der Waals surface area contributed by atoms with Gasteiger partial charge in [-0.25, -0.2) is 0 Å². The summed E-state index contributed by atoms with van der Waals surface area (Å²) in [5.74, 6) is -0.505. The van der Waals surface area contributed by atoms with Crippen molar-refractivity contribution in [2.24, 2.45) is 5.92 Å². The summed E-state index contributed by atoms with van der Waals surface area (Å²) in [6.45, 7) is 5.06. The summed E-state index contributed by atoms with van der Waals surface area (Å²) >= 11 is 0. The van der Waals surface area contributed by atoms with E-state index in [4.69, 9.17) is 9.26 Å². The van der Waals surface area contributed by atoms with Crippen LogP contribution in [0.15, 0.2) is 16.7 Å². The average Bonchev–Trinajstić information content (AvgIpc) is 2.97. The number of hydrogen-bond acceptors (Lipinski definition) is 5. The molecule has 0 radical (unpaired) electrons. The highest BCUT2D eigenvalue weighted by atomic mass is 16.5. The molecule has 0 bridgehead atoms. The molecule has 1 saturated heterocycles. The third-order valence-corrected chi connectivity index (χ3v) is 4.60. The molecular weight excluding hydrogens is 308 g/mol. The quantitative estimate of drug-likeness (QED) is 0.808. The van der Waals surface area contributed by atoms with Crippen LogP contribution in [0.5, 0.6) is 0 Å². The molecule has 1 aromatic carbocycles. The van der Waals surface area contributed by atoms with Crippen LogP contribution in [0.3, 0.4) is 0 Å². The molecule has 1 aromatic heterocycles. The fourth-order valence-corrected chi connectivity index (χ4v) is 3.39. The highest BCUT2D eigenvalue weighted by Crippen LogP contribution is 2.25. The van der Waals surface area contributed by atoms with Crippen molar-refractivity contribution in [1.82, 2.24) is 10.1 Å². The third-order valence-electron chi connectivity index (χ3n) is 4.60. The van der Waals surface area contributed by atoms with Gasteiger partial charge in [0.1, 0.15) is 5.69 Å². The van der Waals surface area contributed by atoms with E-state index in [2.05, 4.69) is 5.16 Å². The monoisotopic (exact) mass is 330 g/mol. The van der Waals surface area contributed by atoms with Crippen LogP contribution in [0.4, 0.5) is 0 Å². The maximum Gasteiger partial charge on any atom is 0.310 e. The molecule has 1 unspecified atom stereocenters. The van der Waals surface area contributed by atoms with E-state index in [-0.39, 0.29) is 24.2 Å². The lowest BCUT2D eigenvalue weighted by molar-refractivity contribution is -0.148. The summed E-state index contributed by atoms with van der Waals surface area (Å²) in [7, 11) is 1.38. The highest BCUT2D eigenvalue weighted by Gasteiger charge is 2.29. The number of esters is 1. The Morgan fingerprint density at radius 1 is 1.38 bits per heavy atom. The first kappa shape index (κ1) is 16.5. The second-order valence-electron chi connectivity index (χ2n) is 6.47. The van der Waals surface area contributed by atoms with Gasteiger partial charge in [0.25, 0.3) is 0 Å². The van der Waals surface area contributed by atoms with Gasteiger partial charge in [0.2, 0.25) is 5.91 Å². The number of fused-ring (bicyclic) bond motifs is 1. The molecule has 3 rings (SSSR count). The molecule has 1 aliphatic heterocycles. The van der Waals surface area contributed by atoms with Crippen molar-refractivity contribution in [3.63, 3.8) is 0 Å². The summed E-state index contributed by atoms with van der Waals surface area (Å²) in [4.78, 5) is 26.1. The van der Waals surface area contributed by atoms with E-state index in [9.17, 15) is 9.59 Å². The van der Waals surface area contributed by atoms with E-state index in [1.165, 1.54) is 7.11 Å². The fourth-order valence-electron chi connectivity index (χ4n) is 3.39. The number of amides is 1. The highest BCUT2D eigenvalue weighted by molar-refractivity contribution is 5.88. The Balaban J connectivity index is 1.76. The van der Waals surface area contributed by atoms with E-state index in [0.29, 0.717) is 18.8 Å². The second kappa shape index (κ2) is 6.63. The molecule has 0 saturated carbocycles. The van der Waals surface area contributed by atoms with Crippen molar-refractivity contribution in [2.45, 2.75) is 33.1 Å². The Hall–Kier alpha value is -2.37. The number of hydrogen-bond donors (Lipinski definition) is 0. The lowest BCUT2D eigenvalue weighted by Gasteiger charge is -2.31. The number of ether oxygens (including phenoxy) is 1. The number of likely N-dealkylation sites (tertiary alicyclic amines) is 1. The minimum atomic E-state index is -0.245. The van der Waals surface area contributed by atoms with Gasteiger partial charge >= 0.3 is 5.97 Å². The standard InChI is InChI=1S/C18H22N2O4/c1-11-7-12(2)17-14(8-11)15(19-24-17)9-16(21)20-6-4-5-13(10-20)18(22)23-3/h7-8,13H,4-6,9-10H2,1-3H3. The first-order chi connectivity index (χ1) is 11.5. The molecule has 1 atom stereocenters. The van der Waals surface area contributed by atoms with Crippen LogP contribution >= 0.6 is 0 Å². The van der Waals surface area contributed by atoms with Gasteiger partial charge in [0.15, 0.2) is 5.58 Å². The number of carbonyl (C=O) groups excluding carboxylic acids is 2. The first-order valence-corrected chi connectivity index (χ1v) is 8.20. The molecule has 24 heavy (non-hydrogen) atoms. The van der Waals surface area contributed by atoms with Crippen molar-refractivity contribution in [3.05, 3.63) is 29.0 Å². The van der Waals surface area contributed by atoms with Gasteiger partial charge in [-0.15, -0.1) is 0 Å². The Morgan fingerprint density at radius 3 is 2.92 bits per heavy atom. The number of methoxy groups -OCH3 is 1. The number of rotatable bonds is 3. The summed E-state index contributed by atoms with van der Waals surface area (Å²) in [5, 5.41) is 4.98. The molecule has 0 aliphatic carbocycles. The van der Waals surface area contributed by atoms with E-state index in [1.54, 1.807) is 4.90 Å². The zero-order valence-electron chi connectivity index (χ0n) is 14.3. The molecule has 2 aromatic rings. The van der Waals surface area contributed by atoms with Crippen molar-refractivity contribution in [3.8, 4) is 0 Å². The molecular formula is C18H22N2O4. The molecule has 0 spiro atoms. The van der Waals surface area contributed by atoms with E-state index in [0.717, 1.165) is 34.9 Å². The summed E-state index contributed by atoms with van der Waals surface area (Å²) in [6, 6.07) is 4.03. The third kappa shape index (κ3) is 3.13. The van der Waals surface area contributed by atoms with Gasteiger partial charge in [0, 0.05) is 18.5 Å². The minimum absolute atomic E-state index is 0.0297. The molecule has 128 valence electrons. The molecule has 6 nitrogen and oxygen atoms in total. The molecule has 0 N–H and O–H groups in total. The number of aromatic nitrogens is 1. The Labute approximate surface area is 140 Å². The maximum atomic E-state index is 12.6. The number of aryl methyl sites for hydroxylation is 2. The number of benzene rings is 1. The van der Waals surface area contributed by atoms with Gasteiger partial charge in [-0.2, -0.15) is 0 Å². The molecule has 2 heterocycles. The van der Waals surface area contributed by atoms with E-state index >= 15 is 0 Å². The molecule has 6 heteroatoms. The van der Waals surface area contributed by atoms with Crippen LogP contribution in [-0.2, 0) is 20.7 Å². The first-order valence-electron chi connectivity index (χ1n) is 8.20. The topological polar surface area (TPSA) is 72.6 Å². The fraction of sp³-hybridized carbons (Fsp3) is 0.500. The van der Waals surface area contributed by atoms with Crippen molar-refractivity contribution >= 4 is 22.8 Å². The van der Waals surface area contributed by atoms with Gasteiger partial charge in [-0.05, 0) is 43.9 Å². The van der Waals surface area contributed by atoms with Gasteiger partial charge in [-0.1, -0.05) is 11.2 Å². The summed E-state index contributed by atoms with van der Waals surface area (Å²) in [6.07, 6.45) is 1.76. The van der Waals surface area contributed by atoms with Gasteiger partial charge < -0.3 is 14.2 Å². The van der Waals surface area contributed by atoms with E-state index in [1.807, 2.05) is 26.0 Å². The smallest absolute Gasteiger partial charge is 0.310 e. The normalized spacial score (nSPS) is 18.0. The number of piperidine rings is 1. The van der Waals surface area contributed by atoms with Crippen LogP contribution in [0.1, 0.15) is 29.7 Å². The number of nitrogens with zero attached hydrogens (tertiary/aromatic N) is 2. The maximum absolute atomic E-state index is 12.6. The lowest BCUT2D eigenvalue weighted by atomic mass is 9.97. The van der Waals surface area contributed by atoms with Crippen LogP contribution in [-0.4, -0.2) is 42.1 Å². The predicted molar refractivity (Wildman–Crippen MR) is 88.5 cm³/mol. The molecule has 1 aliphatic rings. The van der Waals surface area contributed by atoms with Gasteiger partial charge in [-0.3, -0.25) is 9.59 Å². The Bertz CT molecular complexity index is 781. The van der Waals surface area contributed by atoms with Gasteiger partial charge in [0.05, 0.1) is 19.4 Å². The van der Waals surface area contributed by atoms with Crippen LogP contribution < -0.4 is 0 Å². The largest absolute Gasteiger partial charge is 0.469 e. The van der Waals surface area contributed by atoms with Crippen LogP contribution in [0.2, 0.25) is 0 Å². The van der Waals surface area contributed by atoms with Crippen molar-refractivity contribution in [1.29, 1.82) is 0 Å². The van der Waals surface area contributed by atoms with Crippen LogP contribution in [0.25, 0.3) is 11.0 Å². The SMILES string of the molecule is COC(=O)C1CCCN(C(=O)Cc2noc3c(C)cc(C)cc23)C1. The number of carbonyl (C=O) groups is 2. The van der Waals surface area contributed by atoms with Crippen molar-refractivity contribution in [2.75, 3.05) is 20.2 Å².